The number of benzene rings is 2. The molecule has 0 saturated heterocycles. The molecule has 2 aromatic rings. The molecule has 0 fully saturated rings. The van der Waals surface area contributed by atoms with Gasteiger partial charge in [-0.05, 0) is 41.8 Å². The highest BCUT2D eigenvalue weighted by Crippen LogP contribution is 2.13. The van der Waals surface area contributed by atoms with Crippen molar-refractivity contribution in [3.05, 3.63) is 59.7 Å². The smallest absolute Gasteiger partial charge is 0.224 e. The van der Waals surface area contributed by atoms with Gasteiger partial charge in [-0.3, -0.25) is 9.59 Å². The van der Waals surface area contributed by atoms with Gasteiger partial charge in [-0.2, -0.15) is 0 Å². The maximum atomic E-state index is 12.1. The number of ether oxygens (including phenoxy) is 2. The van der Waals surface area contributed by atoms with Crippen LogP contribution in [0.4, 0.5) is 0 Å². The molecule has 0 atom stereocenters. The molecule has 2 aromatic carbocycles. The third kappa shape index (κ3) is 6.95. The van der Waals surface area contributed by atoms with E-state index < -0.39 is 0 Å². The Morgan fingerprint density at radius 2 is 1.64 bits per heavy atom. The summed E-state index contributed by atoms with van der Waals surface area (Å²) in [5, 5.41) is 2.88. The summed E-state index contributed by atoms with van der Waals surface area (Å²) < 4.78 is 10.3. The van der Waals surface area contributed by atoms with Crippen molar-refractivity contribution in [2.24, 2.45) is 0 Å². The zero-order chi connectivity index (χ0) is 20.4. The Kier molecular flexibility index (Phi) is 8.34. The highest BCUT2D eigenvalue weighted by molar-refractivity contribution is 5.78. The monoisotopic (exact) mass is 384 g/mol. The van der Waals surface area contributed by atoms with E-state index >= 15 is 0 Å². The second kappa shape index (κ2) is 11.0. The molecule has 0 bridgehead atoms. The van der Waals surface area contributed by atoms with E-state index in [-0.39, 0.29) is 11.8 Å². The molecule has 2 amide bonds. The number of hydrogen-bond donors (Lipinski definition) is 1. The van der Waals surface area contributed by atoms with Crippen molar-refractivity contribution in [2.45, 2.75) is 19.8 Å². The number of methoxy groups -OCH3 is 2. The molecule has 0 aliphatic rings. The topological polar surface area (TPSA) is 67.9 Å². The Balaban J connectivity index is 1.77. The summed E-state index contributed by atoms with van der Waals surface area (Å²) >= 11 is 0. The standard InChI is InChI=1S/C22H28N2O4/c1-17(25)24(13-11-18-5-4-6-21(15-18)28-3)14-12-23-22(26)16-19-7-9-20(27-2)10-8-19/h4-10,15H,11-14,16H2,1-3H3,(H,23,26). The molecule has 0 spiro atoms. The molecule has 28 heavy (non-hydrogen) atoms. The zero-order valence-electron chi connectivity index (χ0n) is 16.7. The van der Waals surface area contributed by atoms with Gasteiger partial charge < -0.3 is 19.7 Å². The van der Waals surface area contributed by atoms with E-state index in [2.05, 4.69) is 5.32 Å². The maximum absolute atomic E-state index is 12.1. The van der Waals surface area contributed by atoms with Crippen LogP contribution in [0.3, 0.4) is 0 Å². The first kappa shape index (κ1) is 21.3. The lowest BCUT2D eigenvalue weighted by atomic mass is 10.1. The van der Waals surface area contributed by atoms with E-state index in [0.29, 0.717) is 26.1 Å². The summed E-state index contributed by atoms with van der Waals surface area (Å²) in [4.78, 5) is 25.7. The van der Waals surface area contributed by atoms with Crippen LogP contribution in [-0.4, -0.2) is 50.6 Å². The minimum Gasteiger partial charge on any atom is -0.497 e. The molecule has 0 aromatic heterocycles. The fourth-order valence-electron chi connectivity index (χ4n) is 2.84. The molecular weight excluding hydrogens is 356 g/mol. The van der Waals surface area contributed by atoms with Gasteiger partial charge in [-0.1, -0.05) is 24.3 Å². The van der Waals surface area contributed by atoms with Crippen LogP contribution >= 0.6 is 0 Å². The largest absolute Gasteiger partial charge is 0.497 e. The molecule has 150 valence electrons. The van der Waals surface area contributed by atoms with E-state index in [9.17, 15) is 9.59 Å². The molecule has 1 N–H and O–H groups in total. The third-order valence-corrected chi connectivity index (χ3v) is 4.48. The Bertz CT molecular complexity index is 774. The van der Waals surface area contributed by atoms with Crippen molar-refractivity contribution in [1.29, 1.82) is 0 Å². The van der Waals surface area contributed by atoms with Gasteiger partial charge in [0.1, 0.15) is 11.5 Å². The number of rotatable bonds is 10. The molecule has 0 heterocycles. The number of nitrogens with zero attached hydrogens (tertiary/aromatic N) is 1. The van der Waals surface area contributed by atoms with Crippen LogP contribution in [0, 0.1) is 0 Å². The van der Waals surface area contributed by atoms with Gasteiger partial charge in [-0.25, -0.2) is 0 Å². The minimum absolute atomic E-state index is 0.00713. The molecule has 0 saturated carbocycles. The van der Waals surface area contributed by atoms with Crippen LogP contribution in [-0.2, 0) is 22.4 Å². The Hall–Kier alpha value is -3.02. The highest BCUT2D eigenvalue weighted by Gasteiger charge is 2.10. The van der Waals surface area contributed by atoms with Gasteiger partial charge in [0.25, 0.3) is 0 Å². The summed E-state index contributed by atoms with van der Waals surface area (Å²) in [7, 11) is 3.24. The van der Waals surface area contributed by atoms with Crippen LogP contribution < -0.4 is 14.8 Å². The molecule has 6 nitrogen and oxygen atoms in total. The van der Waals surface area contributed by atoms with E-state index in [1.807, 2.05) is 48.5 Å². The number of hydrogen-bond acceptors (Lipinski definition) is 4. The number of nitrogens with one attached hydrogen (secondary N) is 1. The van der Waals surface area contributed by atoms with E-state index in [4.69, 9.17) is 9.47 Å². The number of carbonyl (C=O) groups excluding carboxylic acids is 2. The Labute approximate surface area is 166 Å². The summed E-state index contributed by atoms with van der Waals surface area (Å²) in [6.07, 6.45) is 1.03. The SMILES string of the molecule is COc1ccc(CC(=O)NCCN(CCc2cccc(OC)c2)C(C)=O)cc1. The van der Waals surface area contributed by atoms with Crippen molar-refractivity contribution in [3.8, 4) is 11.5 Å². The lowest BCUT2D eigenvalue weighted by molar-refractivity contribution is -0.129. The fourth-order valence-corrected chi connectivity index (χ4v) is 2.84. The van der Waals surface area contributed by atoms with Gasteiger partial charge in [0, 0.05) is 26.6 Å². The lowest BCUT2D eigenvalue weighted by Crippen LogP contribution is -2.39. The van der Waals surface area contributed by atoms with Crippen molar-refractivity contribution in [1.82, 2.24) is 10.2 Å². The van der Waals surface area contributed by atoms with Crippen LogP contribution in [0.25, 0.3) is 0 Å². The van der Waals surface area contributed by atoms with E-state index in [0.717, 1.165) is 29.0 Å². The molecule has 0 aliphatic heterocycles. The Morgan fingerprint density at radius 1 is 0.929 bits per heavy atom. The number of amides is 2. The van der Waals surface area contributed by atoms with Crippen LogP contribution in [0.1, 0.15) is 18.1 Å². The summed E-state index contributed by atoms with van der Waals surface area (Å²) in [5.74, 6) is 1.49. The average molecular weight is 384 g/mol. The van der Waals surface area contributed by atoms with Crippen molar-refractivity contribution < 1.29 is 19.1 Å². The maximum Gasteiger partial charge on any atom is 0.224 e. The fraction of sp³-hybridized carbons (Fsp3) is 0.364. The second-order valence-electron chi connectivity index (χ2n) is 6.48. The first-order valence-electron chi connectivity index (χ1n) is 9.30. The first-order valence-corrected chi connectivity index (χ1v) is 9.30. The van der Waals surface area contributed by atoms with Gasteiger partial charge >= 0.3 is 0 Å². The highest BCUT2D eigenvalue weighted by atomic mass is 16.5. The molecule has 0 unspecified atom stereocenters. The Morgan fingerprint density at radius 3 is 2.29 bits per heavy atom. The predicted molar refractivity (Wildman–Crippen MR) is 109 cm³/mol. The predicted octanol–water partition coefficient (Wildman–Crippen LogP) is 2.45. The van der Waals surface area contributed by atoms with Crippen molar-refractivity contribution >= 4 is 11.8 Å². The van der Waals surface area contributed by atoms with Crippen molar-refractivity contribution in [2.75, 3.05) is 33.9 Å². The molecular formula is C22H28N2O4. The third-order valence-electron chi connectivity index (χ3n) is 4.48. The molecule has 2 rings (SSSR count). The van der Waals surface area contributed by atoms with Gasteiger partial charge in [-0.15, -0.1) is 0 Å². The minimum atomic E-state index is -0.0681. The van der Waals surface area contributed by atoms with Crippen LogP contribution in [0.2, 0.25) is 0 Å². The van der Waals surface area contributed by atoms with Gasteiger partial charge in [0.05, 0.1) is 20.6 Å². The zero-order valence-corrected chi connectivity index (χ0v) is 16.7. The first-order chi connectivity index (χ1) is 13.5. The average Bonchev–Trinajstić information content (AvgIpc) is 2.71. The molecule has 0 aliphatic carbocycles. The number of carbonyl (C=O) groups is 2. The normalized spacial score (nSPS) is 10.2. The van der Waals surface area contributed by atoms with E-state index in [1.54, 1.807) is 26.0 Å². The second-order valence-corrected chi connectivity index (χ2v) is 6.48. The lowest BCUT2D eigenvalue weighted by Gasteiger charge is -2.21. The van der Waals surface area contributed by atoms with E-state index in [1.165, 1.54) is 0 Å². The summed E-state index contributed by atoms with van der Waals surface area (Å²) in [6, 6.07) is 15.2. The quantitative estimate of drug-likeness (QED) is 0.683. The summed E-state index contributed by atoms with van der Waals surface area (Å²) in [6.45, 7) is 3.04. The molecule has 6 heteroatoms. The van der Waals surface area contributed by atoms with Crippen molar-refractivity contribution in [3.63, 3.8) is 0 Å². The van der Waals surface area contributed by atoms with Crippen LogP contribution in [0.5, 0.6) is 11.5 Å². The summed E-state index contributed by atoms with van der Waals surface area (Å²) in [5.41, 5.74) is 2.02. The van der Waals surface area contributed by atoms with Crippen LogP contribution in [0.15, 0.2) is 48.5 Å². The van der Waals surface area contributed by atoms with Gasteiger partial charge in [0.2, 0.25) is 11.8 Å². The van der Waals surface area contributed by atoms with Gasteiger partial charge in [0.15, 0.2) is 0 Å². The molecule has 0 radical (unpaired) electrons.